The molecule has 0 spiro atoms. The van der Waals surface area contributed by atoms with E-state index in [0.717, 1.165) is 45.3 Å². The van der Waals surface area contributed by atoms with Crippen molar-refractivity contribution in [2.75, 3.05) is 13.1 Å². The van der Waals surface area contributed by atoms with Gasteiger partial charge in [0.2, 0.25) is 5.91 Å². The highest BCUT2D eigenvalue weighted by Crippen LogP contribution is 2.22. The summed E-state index contributed by atoms with van der Waals surface area (Å²) in [6.45, 7) is 6.51. The van der Waals surface area contributed by atoms with Crippen LogP contribution in [0.3, 0.4) is 0 Å². The lowest BCUT2D eigenvalue weighted by Gasteiger charge is -2.36. The molecule has 5 heteroatoms. The van der Waals surface area contributed by atoms with Gasteiger partial charge in [-0.15, -0.1) is 0 Å². The number of aromatic nitrogens is 2. The van der Waals surface area contributed by atoms with Crippen LogP contribution in [-0.4, -0.2) is 39.2 Å². The molecule has 20 heavy (non-hydrogen) atoms. The van der Waals surface area contributed by atoms with Crippen LogP contribution >= 0.6 is 0 Å². The van der Waals surface area contributed by atoms with Crippen LogP contribution < -0.4 is 5.73 Å². The molecule has 1 saturated heterocycles. The van der Waals surface area contributed by atoms with Crippen LogP contribution in [0.5, 0.6) is 0 Å². The van der Waals surface area contributed by atoms with E-state index in [0.29, 0.717) is 5.92 Å². The molecule has 1 amide bonds. The lowest BCUT2D eigenvalue weighted by molar-refractivity contribution is -0.138. The minimum Gasteiger partial charge on any atom is -0.341 e. The first-order valence-corrected chi connectivity index (χ1v) is 7.58. The molecule has 0 bridgehead atoms. The number of nitrogens with two attached hydrogens (primary N) is 1. The van der Waals surface area contributed by atoms with Gasteiger partial charge in [0.15, 0.2) is 0 Å². The number of rotatable bonds is 5. The van der Waals surface area contributed by atoms with Crippen molar-refractivity contribution in [3.63, 3.8) is 0 Å². The molecule has 1 aliphatic rings. The third kappa shape index (κ3) is 3.60. The van der Waals surface area contributed by atoms with E-state index in [2.05, 4.69) is 12.0 Å². The van der Waals surface area contributed by atoms with Crippen molar-refractivity contribution in [1.29, 1.82) is 0 Å². The average Bonchev–Trinajstić information content (AvgIpc) is 2.91. The summed E-state index contributed by atoms with van der Waals surface area (Å²) >= 11 is 0. The smallest absolute Gasteiger partial charge is 0.242 e. The molecule has 112 valence electrons. The standard InChI is InChI=1S/C15H26N4O/c1-3-7-15(2,16)14(20)18-10-5-13(6-11-18)12-19-9-4-8-17-19/h4,8-9,13H,3,5-7,10-12,16H2,1-2H3. The first-order valence-electron chi connectivity index (χ1n) is 7.58. The van der Waals surface area contributed by atoms with Crippen molar-refractivity contribution in [2.24, 2.45) is 11.7 Å². The molecule has 2 N–H and O–H groups in total. The number of hydrogen-bond donors (Lipinski definition) is 1. The maximum Gasteiger partial charge on any atom is 0.242 e. The largest absolute Gasteiger partial charge is 0.341 e. The Hall–Kier alpha value is -1.36. The van der Waals surface area contributed by atoms with E-state index < -0.39 is 5.54 Å². The summed E-state index contributed by atoms with van der Waals surface area (Å²) < 4.78 is 1.98. The van der Waals surface area contributed by atoms with Crippen LogP contribution in [0.4, 0.5) is 0 Å². The fourth-order valence-corrected chi connectivity index (χ4v) is 2.98. The van der Waals surface area contributed by atoms with Gasteiger partial charge in [0.25, 0.3) is 0 Å². The molecule has 1 unspecified atom stereocenters. The predicted octanol–water partition coefficient (Wildman–Crippen LogP) is 1.64. The van der Waals surface area contributed by atoms with Crippen molar-refractivity contribution < 1.29 is 4.79 Å². The Balaban J connectivity index is 1.83. The summed E-state index contributed by atoms with van der Waals surface area (Å²) in [7, 11) is 0. The van der Waals surface area contributed by atoms with Crippen molar-refractivity contribution in [2.45, 2.75) is 51.6 Å². The summed E-state index contributed by atoms with van der Waals surface area (Å²) in [6, 6.07) is 1.95. The van der Waals surface area contributed by atoms with Gasteiger partial charge in [-0.05, 0) is 38.2 Å². The summed E-state index contributed by atoms with van der Waals surface area (Å²) in [5.41, 5.74) is 5.44. The average molecular weight is 278 g/mol. The Kier molecular flexibility index (Phi) is 4.81. The van der Waals surface area contributed by atoms with Gasteiger partial charge in [0.05, 0.1) is 5.54 Å². The van der Waals surface area contributed by atoms with Crippen molar-refractivity contribution in [3.8, 4) is 0 Å². The second kappa shape index (κ2) is 6.39. The number of carbonyl (C=O) groups is 1. The molecule has 2 rings (SSSR count). The number of amides is 1. The molecule has 1 aliphatic heterocycles. The number of likely N-dealkylation sites (tertiary alicyclic amines) is 1. The summed E-state index contributed by atoms with van der Waals surface area (Å²) in [5, 5.41) is 4.24. The van der Waals surface area contributed by atoms with Crippen LogP contribution in [0.2, 0.25) is 0 Å². The van der Waals surface area contributed by atoms with E-state index >= 15 is 0 Å². The third-order valence-electron chi connectivity index (χ3n) is 4.16. The van der Waals surface area contributed by atoms with E-state index in [1.54, 1.807) is 0 Å². The Labute approximate surface area is 121 Å². The fraction of sp³-hybridized carbons (Fsp3) is 0.733. The molecule has 5 nitrogen and oxygen atoms in total. The topological polar surface area (TPSA) is 64.2 Å². The highest BCUT2D eigenvalue weighted by molar-refractivity contribution is 5.85. The van der Waals surface area contributed by atoms with Gasteiger partial charge in [0.1, 0.15) is 0 Å². The second-order valence-corrected chi connectivity index (χ2v) is 6.13. The summed E-state index contributed by atoms with van der Waals surface area (Å²) in [4.78, 5) is 14.4. The van der Waals surface area contributed by atoms with Gasteiger partial charge in [-0.25, -0.2) is 0 Å². The van der Waals surface area contributed by atoms with Crippen molar-refractivity contribution in [3.05, 3.63) is 18.5 Å². The third-order valence-corrected chi connectivity index (χ3v) is 4.16. The molecule has 2 heterocycles. The van der Waals surface area contributed by atoms with Gasteiger partial charge in [-0.3, -0.25) is 9.48 Å². The van der Waals surface area contributed by atoms with Crippen LogP contribution in [0.25, 0.3) is 0 Å². The number of nitrogens with zero attached hydrogens (tertiary/aromatic N) is 3. The summed E-state index contributed by atoms with van der Waals surface area (Å²) in [6.07, 6.45) is 7.56. The molecule has 0 aromatic carbocycles. The second-order valence-electron chi connectivity index (χ2n) is 6.13. The molecular weight excluding hydrogens is 252 g/mol. The van der Waals surface area contributed by atoms with E-state index in [1.165, 1.54) is 0 Å². The number of carbonyl (C=O) groups excluding carboxylic acids is 1. The SMILES string of the molecule is CCCC(C)(N)C(=O)N1CCC(Cn2cccn2)CC1. The van der Waals surface area contributed by atoms with Gasteiger partial charge >= 0.3 is 0 Å². The van der Waals surface area contributed by atoms with Crippen LogP contribution in [0.15, 0.2) is 18.5 Å². The lowest BCUT2D eigenvalue weighted by Crippen LogP contribution is -2.55. The van der Waals surface area contributed by atoms with Crippen molar-refractivity contribution >= 4 is 5.91 Å². The lowest BCUT2D eigenvalue weighted by atomic mass is 9.92. The molecule has 1 atom stereocenters. The van der Waals surface area contributed by atoms with Crippen LogP contribution in [0.1, 0.15) is 39.5 Å². The zero-order valence-corrected chi connectivity index (χ0v) is 12.6. The van der Waals surface area contributed by atoms with Crippen LogP contribution in [0, 0.1) is 5.92 Å². The number of piperidine rings is 1. The Morgan fingerprint density at radius 2 is 2.15 bits per heavy atom. The monoisotopic (exact) mass is 278 g/mol. The summed E-state index contributed by atoms with van der Waals surface area (Å²) in [5.74, 6) is 0.714. The Bertz CT molecular complexity index is 419. The van der Waals surface area contributed by atoms with Gasteiger partial charge in [0, 0.05) is 32.0 Å². The van der Waals surface area contributed by atoms with E-state index in [4.69, 9.17) is 5.73 Å². The normalized spacial score (nSPS) is 19.9. The first-order chi connectivity index (χ1) is 9.53. The van der Waals surface area contributed by atoms with Gasteiger partial charge < -0.3 is 10.6 Å². The maximum atomic E-state index is 12.4. The fourth-order valence-electron chi connectivity index (χ4n) is 2.98. The first kappa shape index (κ1) is 15.0. The Morgan fingerprint density at radius 3 is 2.70 bits per heavy atom. The zero-order chi connectivity index (χ0) is 14.6. The molecule has 1 aromatic heterocycles. The molecule has 0 aliphatic carbocycles. The van der Waals surface area contributed by atoms with Crippen LogP contribution in [-0.2, 0) is 11.3 Å². The predicted molar refractivity (Wildman–Crippen MR) is 79.0 cm³/mol. The maximum absolute atomic E-state index is 12.4. The molecule has 0 saturated carbocycles. The highest BCUT2D eigenvalue weighted by Gasteiger charge is 2.33. The minimum atomic E-state index is -0.705. The Morgan fingerprint density at radius 1 is 1.45 bits per heavy atom. The minimum absolute atomic E-state index is 0.108. The van der Waals surface area contributed by atoms with E-state index in [1.807, 2.05) is 35.0 Å². The highest BCUT2D eigenvalue weighted by atomic mass is 16.2. The van der Waals surface area contributed by atoms with Gasteiger partial charge in [-0.2, -0.15) is 5.10 Å². The number of hydrogen-bond acceptors (Lipinski definition) is 3. The van der Waals surface area contributed by atoms with E-state index in [-0.39, 0.29) is 5.91 Å². The zero-order valence-electron chi connectivity index (χ0n) is 12.6. The molecule has 0 radical (unpaired) electrons. The quantitative estimate of drug-likeness (QED) is 0.890. The van der Waals surface area contributed by atoms with Gasteiger partial charge in [-0.1, -0.05) is 13.3 Å². The molecule has 1 aromatic rings. The molecular formula is C15H26N4O. The van der Waals surface area contributed by atoms with Crippen molar-refractivity contribution in [1.82, 2.24) is 14.7 Å². The molecule has 1 fully saturated rings. The van der Waals surface area contributed by atoms with E-state index in [9.17, 15) is 4.79 Å².